The minimum absolute atomic E-state index is 0.0168. The Bertz CT molecular complexity index is 174. The zero-order valence-corrected chi connectivity index (χ0v) is 10.1. The molecule has 0 fully saturated rings. The number of hydrogen-bond donors (Lipinski definition) is 2. The molecule has 0 saturated carbocycles. The van der Waals surface area contributed by atoms with Gasteiger partial charge in [-0.05, 0) is 20.3 Å². The molecule has 2 atom stereocenters. The molecule has 0 heterocycles. The van der Waals surface area contributed by atoms with Crippen molar-refractivity contribution in [3.8, 4) is 0 Å². The van der Waals surface area contributed by atoms with E-state index in [9.17, 15) is 4.79 Å². The van der Waals surface area contributed by atoms with E-state index in [0.717, 1.165) is 12.8 Å². The van der Waals surface area contributed by atoms with E-state index in [2.05, 4.69) is 12.2 Å². The van der Waals surface area contributed by atoms with Gasteiger partial charge in [-0.25, -0.2) is 0 Å². The Labute approximate surface area is 92.6 Å². The average molecular weight is 216 g/mol. The Balaban J connectivity index is 3.63. The fourth-order valence-electron chi connectivity index (χ4n) is 1.38. The number of ether oxygens (including phenoxy) is 1. The van der Waals surface area contributed by atoms with Crippen molar-refractivity contribution in [1.82, 2.24) is 5.32 Å². The van der Waals surface area contributed by atoms with E-state index >= 15 is 0 Å². The van der Waals surface area contributed by atoms with Gasteiger partial charge in [-0.3, -0.25) is 4.79 Å². The lowest BCUT2D eigenvalue weighted by Gasteiger charge is -2.15. The fourth-order valence-corrected chi connectivity index (χ4v) is 1.38. The highest BCUT2D eigenvalue weighted by Gasteiger charge is 2.11. The third-order valence-electron chi connectivity index (χ3n) is 2.09. The highest BCUT2D eigenvalue weighted by molar-refractivity contribution is 5.76. The molecule has 4 heteroatoms. The van der Waals surface area contributed by atoms with Gasteiger partial charge in [-0.15, -0.1) is 0 Å². The molecule has 0 aromatic heterocycles. The van der Waals surface area contributed by atoms with Crippen molar-refractivity contribution in [2.45, 2.75) is 52.1 Å². The molecule has 0 aliphatic rings. The minimum atomic E-state index is -0.0192. The van der Waals surface area contributed by atoms with Crippen LogP contribution < -0.4 is 11.1 Å². The number of amides is 1. The lowest BCUT2D eigenvalue weighted by molar-refractivity contribution is -0.122. The van der Waals surface area contributed by atoms with Crippen LogP contribution in [0.2, 0.25) is 0 Å². The van der Waals surface area contributed by atoms with Crippen LogP contribution in [0.15, 0.2) is 0 Å². The molecule has 0 aromatic carbocycles. The lowest BCUT2D eigenvalue weighted by atomic mass is 10.1. The van der Waals surface area contributed by atoms with Gasteiger partial charge in [0.15, 0.2) is 0 Å². The molecule has 0 saturated heterocycles. The van der Waals surface area contributed by atoms with E-state index in [-0.39, 0.29) is 18.0 Å². The Morgan fingerprint density at radius 3 is 2.67 bits per heavy atom. The summed E-state index contributed by atoms with van der Waals surface area (Å²) < 4.78 is 5.20. The largest absolute Gasteiger partial charge is 0.380 e. The Morgan fingerprint density at radius 1 is 1.47 bits per heavy atom. The molecule has 1 amide bonds. The first-order valence-electron chi connectivity index (χ1n) is 5.72. The number of nitrogens with one attached hydrogen (secondary N) is 1. The molecule has 0 spiro atoms. The first-order valence-corrected chi connectivity index (χ1v) is 5.72. The second-order valence-electron chi connectivity index (χ2n) is 3.88. The van der Waals surface area contributed by atoms with Gasteiger partial charge in [0.05, 0.1) is 6.61 Å². The summed E-state index contributed by atoms with van der Waals surface area (Å²) in [7, 11) is 0. The normalized spacial score (nSPS) is 14.7. The summed E-state index contributed by atoms with van der Waals surface area (Å²) in [5, 5.41) is 2.86. The summed E-state index contributed by atoms with van der Waals surface area (Å²) in [6, 6.07) is 0.0422. The van der Waals surface area contributed by atoms with Crippen LogP contribution in [0.3, 0.4) is 0 Å². The summed E-state index contributed by atoms with van der Waals surface area (Å²) >= 11 is 0. The molecular weight excluding hydrogens is 192 g/mol. The molecule has 2 unspecified atom stereocenters. The van der Waals surface area contributed by atoms with Gasteiger partial charge in [0.25, 0.3) is 0 Å². The second-order valence-corrected chi connectivity index (χ2v) is 3.88. The maximum Gasteiger partial charge on any atom is 0.221 e. The number of carbonyl (C=O) groups excluding carboxylic acids is 1. The van der Waals surface area contributed by atoms with Crippen LogP contribution in [0, 0.1) is 0 Å². The first-order chi connectivity index (χ1) is 7.10. The number of rotatable bonds is 8. The standard InChI is InChI=1S/C11H24N2O2/c1-4-6-10(12)7-11(14)13-9(3)8-15-5-2/h9-10H,4-8,12H2,1-3H3,(H,13,14). The topological polar surface area (TPSA) is 64.4 Å². The van der Waals surface area contributed by atoms with E-state index in [4.69, 9.17) is 10.5 Å². The second kappa shape index (κ2) is 8.68. The zero-order valence-electron chi connectivity index (χ0n) is 10.1. The quantitative estimate of drug-likeness (QED) is 0.637. The van der Waals surface area contributed by atoms with Gasteiger partial charge in [-0.1, -0.05) is 13.3 Å². The zero-order chi connectivity index (χ0) is 11.7. The summed E-state index contributed by atoms with van der Waals surface area (Å²) in [6.07, 6.45) is 2.32. The Morgan fingerprint density at radius 2 is 2.13 bits per heavy atom. The highest BCUT2D eigenvalue weighted by atomic mass is 16.5. The number of nitrogens with two attached hydrogens (primary N) is 1. The van der Waals surface area contributed by atoms with Crippen LogP contribution in [0.1, 0.15) is 40.0 Å². The van der Waals surface area contributed by atoms with Crippen LogP contribution in [0.5, 0.6) is 0 Å². The molecule has 0 bridgehead atoms. The molecule has 90 valence electrons. The van der Waals surface area contributed by atoms with E-state index in [1.165, 1.54) is 0 Å². The predicted octanol–water partition coefficient (Wildman–Crippen LogP) is 1.05. The van der Waals surface area contributed by atoms with Gasteiger partial charge >= 0.3 is 0 Å². The molecule has 0 aliphatic heterocycles. The van der Waals surface area contributed by atoms with Crippen molar-refractivity contribution in [2.24, 2.45) is 5.73 Å². The van der Waals surface area contributed by atoms with Crippen molar-refractivity contribution in [1.29, 1.82) is 0 Å². The summed E-state index contributed by atoms with van der Waals surface area (Å²) in [5.74, 6) is 0.0168. The summed E-state index contributed by atoms with van der Waals surface area (Å²) in [4.78, 5) is 11.5. The van der Waals surface area contributed by atoms with Crippen LogP contribution in [0.25, 0.3) is 0 Å². The summed E-state index contributed by atoms with van der Waals surface area (Å²) in [5.41, 5.74) is 5.77. The number of carbonyl (C=O) groups is 1. The highest BCUT2D eigenvalue weighted by Crippen LogP contribution is 1.98. The van der Waals surface area contributed by atoms with Gasteiger partial charge in [-0.2, -0.15) is 0 Å². The molecule has 0 radical (unpaired) electrons. The maximum absolute atomic E-state index is 11.5. The molecule has 3 N–H and O–H groups in total. The van der Waals surface area contributed by atoms with Crippen LogP contribution in [-0.2, 0) is 9.53 Å². The van der Waals surface area contributed by atoms with Crippen molar-refractivity contribution in [2.75, 3.05) is 13.2 Å². The number of hydrogen-bond acceptors (Lipinski definition) is 3. The SMILES string of the molecule is CCCC(N)CC(=O)NC(C)COCC. The van der Waals surface area contributed by atoms with Crippen molar-refractivity contribution in [3.05, 3.63) is 0 Å². The van der Waals surface area contributed by atoms with Gasteiger partial charge in [0, 0.05) is 25.1 Å². The molecule has 15 heavy (non-hydrogen) atoms. The van der Waals surface area contributed by atoms with Crippen LogP contribution in [0.4, 0.5) is 0 Å². The van der Waals surface area contributed by atoms with E-state index in [0.29, 0.717) is 19.6 Å². The third-order valence-corrected chi connectivity index (χ3v) is 2.09. The van der Waals surface area contributed by atoms with E-state index < -0.39 is 0 Å². The minimum Gasteiger partial charge on any atom is -0.380 e. The predicted molar refractivity (Wildman–Crippen MR) is 61.6 cm³/mol. The van der Waals surface area contributed by atoms with Crippen LogP contribution in [-0.4, -0.2) is 31.2 Å². The monoisotopic (exact) mass is 216 g/mol. The molecule has 0 rings (SSSR count). The molecule has 0 aliphatic carbocycles. The Hall–Kier alpha value is -0.610. The van der Waals surface area contributed by atoms with Gasteiger partial charge in [0.1, 0.15) is 0 Å². The molecular formula is C11H24N2O2. The third kappa shape index (κ3) is 8.39. The summed E-state index contributed by atoms with van der Waals surface area (Å²) in [6.45, 7) is 7.17. The van der Waals surface area contributed by atoms with Gasteiger partial charge < -0.3 is 15.8 Å². The molecule has 4 nitrogen and oxygen atoms in total. The first kappa shape index (κ1) is 14.4. The van der Waals surface area contributed by atoms with Crippen molar-refractivity contribution >= 4 is 5.91 Å². The van der Waals surface area contributed by atoms with Gasteiger partial charge in [0.2, 0.25) is 5.91 Å². The van der Waals surface area contributed by atoms with Crippen molar-refractivity contribution < 1.29 is 9.53 Å². The Kier molecular flexibility index (Phi) is 8.33. The fraction of sp³-hybridized carbons (Fsp3) is 0.909. The maximum atomic E-state index is 11.5. The molecule has 0 aromatic rings. The lowest BCUT2D eigenvalue weighted by Crippen LogP contribution is -2.39. The van der Waals surface area contributed by atoms with E-state index in [1.807, 2.05) is 13.8 Å². The van der Waals surface area contributed by atoms with Crippen LogP contribution >= 0.6 is 0 Å². The smallest absolute Gasteiger partial charge is 0.221 e. The van der Waals surface area contributed by atoms with E-state index in [1.54, 1.807) is 0 Å². The average Bonchev–Trinajstić information content (AvgIpc) is 2.14. The van der Waals surface area contributed by atoms with Crippen molar-refractivity contribution in [3.63, 3.8) is 0 Å².